The number of nitrogens with one attached hydrogen (secondary N) is 1. The lowest BCUT2D eigenvalue weighted by atomic mass is 9.98. The predicted octanol–water partition coefficient (Wildman–Crippen LogP) is 7.29. The van der Waals surface area contributed by atoms with E-state index in [4.69, 9.17) is 9.47 Å². The van der Waals surface area contributed by atoms with E-state index in [0.717, 1.165) is 44.9 Å². The van der Waals surface area contributed by atoms with Crippen molar-refractivity contribution < 1.29 is 44.9 Å². The van der Waals surface area contributed by atoms with Crippen molar-refractivity contribution in [3.8, 4) is 0 Å². The van der Waals surface area contributed by atoms with E-state index in [1.54, 1.807) is 0 Å². The Morgan fingerprint density at radius 1 is 0.607 bits per heavy atom. The molecule has 7 N–H and O–H groups in total. The van der Waals surface area contributed by atoms with Gasteiger partial charge in [0.05, 0.1) is 25.4 Å². The third-order valence-corrected chi connectivity index (χ3v) is 11.6. The van der Waals surface area contributed by atoms with E-state index < -0.39 is 55.6 Å². The highest BCUT2D eigenvalue weighted by molar-refractivity contribution is 5.76. The average Bonchev–Trinajstić information content (AvgIpc) is 3.19. The summed E-state index contributed by atoms with van der Waals surface area (Å²) in [5.41, 5.74) is 0. The van der Waals surface area contributed by atoms with Crippen LogP contribution in [0.5, 0.6) is 0 Å². The van der Waals surface area contributed by atoms with Crippen LogP contribution < -0.4 is 5.32 Å². The smallest absolute Gasteiger partial charge is 0.220 e. The molecule has 1 aliphatic heterocycles. The molecule has 1 heterocycles. The van der Waals surface area contributed by atoms with Crippen LogP contribution in [0.25, 0.3) is 0 Å². The van der Waals surface area contributed by atoms with Crippen LogP contribution in [0, 0.1) is 0 Å². The van der Waals surface area contributed by atoms with Crippen LogP contribution in [0.4, 0.5) is 0 Å². The number of hydrogen-bond acceptors (Lipinski definition) is 10. The number of hydrogen-bond donors (Lipinski definition) is 7. The Balaban J connectivity index is 2.46. The van der Waals surface area contributed by atoms with E-state index in [1.165, 1.54) is 135 Å². The van der Waals surface area contributed by atoms with Gasteiger partial charge in [0.2, 0.25) is 5.91 Å². The summed E-state index contributed by atoms with van der Waals surface area (Å²) < 4.78 is 11.2. The van der Waals surface area contributed by atoms with Crippen molar-refractivity contribution in [2.24, 2.45) is 0 Å². The van der Waals surface area contributed by atoms with Crippen LogP contribution in [0.15, 0.2) is 0 Å². The topological polar surface area (TPSA) is 172 Å². The monoisotopic (exact) mass is 803 g/mol. The van der Waals surface area contributed by atoms with Crippen molar-refractivity contribution in [3.63, 3.8) is 0 Å². The average molecular weight is 803 g/mol. The summed E-state index contributed by atoms with van der Waals surface area (Å²) in [5.74, 6) is -0.258. The van der Waals surface area contributed by atoms with Gasteiger partial charge in [-0.05, 0) is 51.7 Å². The third-order valence-electron chi connectivity index (χ3n) is 11.6. The fourth-order valence-corrected chi connectivity index (χ4v) is 7.73. The molecule has 56 heavy (non-hydrogen) atoms. The second-order valence-corrected chi connectivity index (χ2v) is 16.8. The molecule has 0 aromatic rings. The van der Waals surface area contributed by atoms with E-state index in [0.29, 0.717) is 12.8 Å². The quantitative estimate of drug-likeness (QED) is 0.0313. The van der Waals surface area contributed by atoms with E-state index in [1.807, 2.05) is 0 Å². The van der Waals surface area contributed by atoms with Crippen LogP contribution in [0.1, 0.15) is 201 Å². The Hall–Kier alpha value is -0.890. The van der Waals surface area contributed by atoms with Gasteiger partial charge >= 0.3 is 0 Å². The molecule has 334 valence electrons. The number of carbonyl (C=O) groups is 1. The molecule has 1 fully saturated rings. The Morgan fingerprint density at radius 3 is 1.54 bits per heavy atom. The summed E-state index contributed by atoms with van der Waals surface area (Å²) in [4.78, 5) is 15.7. The van der Waals surface area contributed by atoms with Crippen molar-refractivity contribution in [3.05, 3.63) is 0 Å². The van der Waals surface area contributed by atoms with Crippen molar-refractivity contribution in [2.75, 3.05) is 32.8 Å². The zero-order valence-corrected chi connectivity index (χ0v) is 36.3. The Labute approximate surface area is 342 Å². The van der Waals surface area contributed by atoms with Gasteiger partial charge in [0.25, 0.3) is 0 Å². The van der Waals surface area contributed by atoms with E-state index in [9.17, 15) is 35.4 Å². The molecule has 0 aromatic carbocycles. The predicted molar refractivity (Wildman–Crippen MR) is 226 cm³/mol. The SMILES string of the molecule is CCCCCCCCCCCCCC[C@@H](O)[C@@H](O)[C@H](CO[C@H]1OC(CO)[C@H](O)[C@H](O)[C@H]1O)NC(=O)CCCCCCCCCCN(CCCCC)CCCCC. The molecule has 8 atom stereocenters. The second-order valence-electron chi connectivity index (χ2n) is 16.8. The van der Waals surface area contributed by atoms with Crippen LogP contribution in [-0.2, 0) is 14.3 Å². The largest absolute Gasteiger partial charge is 0.394 e. The Kier molecular flexibility index (Phi) is 34.2. The summed E-state index contributed by atoms with van der Waals surface area (Å²) in [5, 5.41) is 65.2. The number of nitrogens with zero attached hydrogens (tertiary/aromatic N) is 1. The Bertz CT molecular complexity index is 875. The summed E-state index contributed by atoms with van der Waals surface area (Å²) in [7, 11) is 0. The van der Waals surface area contributed by atoms with Gasteiger partial charge in [0.1, 0.15) is 30.5 Å². The van der Waals surface area contributed by atoms with E-state index >= 15 is 0 Å². The van der Waals surface area contributed by atoms with E-state index in [2.05, 4.69) is 31.0 Å². The number of aliphatic hydroxyl groups is 6. The van der Waals surface area contributed by atoms with Crippen molar-refractivity contribution >= 4 is 5.91 Å². The molecular formula is C45H90N2O9. The molecule has 0 radical (unpaired) electrons. The lowest BCUT2D eigenvalue weighted by Crippen LogP contribution is -2.60. The molecule has 0 spiro atoms. The van der Waals surface area contributed by atoms with Gasteiger partial charge in [0, 0.05) is 6.42 Å². The molecule has 11 heteroatoms. The molecule has 11 nitrogen and oxygen atoms in total. The molecule has 1 aliphatic rings. The number of rotatable bonds is 39. The van der Waals surface area contributed by atoms with Gasteiger partial charge in [-0.3, -0.25) is 4.79 Å². The first-order valence-corrected chi connectivity index (χ1v) is 23.5. The molecule has 1 saturated heterocycles. The van der Waals surface area contributed by atoms with Crippen molar-refractivity contribution in [1.29, 1.82) is 0 Å². The molecule has 0 aromatic heterocycles. The molecule has 1 rings (SSSR count). The summed E-state index contributed by atoms with van der Waals surface area (Å²) >= 11 is 0. The van der Waals surface area contributed by atoms with Crippen molar-refractivity contribution in [1.82, 2.24) is 10.2 Å². The van der Waals surface area contributed by atoms with Gasteiger partial charge in [-0.1, -0.05) is 162 Å². The van der Waals surface area contributed by atoms with Crippen molar-refractivity contribution in [2.45, 2.75) is 250 Å². The summed E-state index contributed by atoms with van der Waals surface area (Å²) in [6.07, 6.45) is 21.9. The molecule has 0 saturated carbocycles. The highest BCUT2D eigenvalue weighted by atomic mass is 16.7. The van der Waals surface area contributed by atoms with E-state index in [-0.39, 0.29) is 18.9 Å². The maximum absolute atomic E-state index is 13.0. The molecular weight excluding hydrogens is 712 g/mol. The first-order valence-electron chi connectivity index (χ1n) is 23.5. The third kappa shape index (κ3) is 25.6. The highest BCUT2D eigenvalue weighted by Crippen LogP contribution is 2.23. The lowest BCUT2D eigenvalue weighted by Gasteiger charge is -2.40. The first-order chi connectivity index (χ1) is 27.2. The number of ether oxygens (including phenoxy) is 2. The zero-order chi connectivity index (χ0) is 41.2. The molecule has 1 amide bonds. The number of unbranched alkanes of at least 4 members (excludes halogenated alkanes) is 22. The standard InChI is InChI=1S/C45H90N2O9/c1-4-7-10-11-12-13-14-15-16-19-22-25-30-38(49)41(51)37(36-55-45-44(54)43(53)42(52)39(35-48)56-45)46-40(50)31-26-23-20-17-18-21-24-29-34-47(32-27-8-5-2)33-28-9-6-3/h37-39,41-45,48-49,51-54H,4-36H2,1-3H3,(H,46,50)/t37-,38+,39?,41-,42-,43-,44+,45-/m0/s1. The lowest BCUT2D eigenvalue weighted by molar-refractivity contribution is -0.303. The van der Waals surface area contributed by atoms with Gasteiger partial charge in [-0.2, -0.15) is 0 Å². The minimum atomic E-state index is -1.61. The fourth-order valence-electron chi connectivity index (χ4n) is 7.73. The normalized spacial score (nSPS) is 21.7. The number of amides is 1. The van der Waals surface area contributed by atoms with Crippen LogP contribution in [0.2, 0.25) is 0 Å². The fraction of sp³-hybridized carbons (Fsp3) is 0.978. The maximum atomic E-state index is 13.0. The van der Waals surface area contributed by atoms with Crippen LogP contribution >= 0.6 is 0 Å². The summed E-state index contributed by atoms with van der Waals surface area (Å²) in [6.45, 7) is 9.54. The molecule has 1 unspecified atom stereocenters. The minimum Gasteiger partial charge on any atom is -0.394 e. The maximum Gasteiger partial charge on any atom is 0.220 e. The number of carbonyl (C=O) groups excluding carboxylic acids is 1. The molecule has 0 bridgehead atoms. The van der Waals surface area contributed by atoms with Gasteiger partial charge in [0.15, 0.2) is 6.29 Å². The van der Waals surface area contributed by atoms with Crippen LogP contribution in [-0.4, -0.2) is 123 Å². The highest BCUT2D eigenvalue weighted by Gasteiger charge is 2.44. The zero-order valence-electron chi connectivity index (χ0n) is 36.3. The van der Waals surface area contributed by atoms with Gasteiger partial charge < -0.3 is 50.3 Å². The number of aliphatic hydroxyl groups excluding tert-OH is 6. The second kappa shape index (κ2) is 36.0. The van der Waals surface area contributed by atoms with Crippen LogP contribution in [0.3, 0.4) is 0 Å². The van der Waals surface area contributed by atoms with Gasteiger partial charge in [-0.25, -0.2) is 0 Å². The summed E-state index contributed by atoms with van der Waals surface area (Å²) in [6, 6.07) is -0.989. The molecule has 0 aliphatic carbocycles. The van der Waals surface area contributed by atoms with Gasteiger partial charge in [-0.15, -0.1) is 0 Å². The first kappa shape index (κ1) is 53.1. The minimum absolute atomic E-state index is 0.258. The Morgan fingerprint density at radius 2 is 1.04 bits per heavy atom.